The van der Waals surface area contributed by atoms with Crippen LogP contribution < -0.4 is 5.32 Å². The summed E-state index contributed by atoms with van der Waals surface area (Å²) in [6.07, 6.45) is 5.28. The Morgan fingerprint density at radius 1 is 1.37 bits per heavy atom. The fourth-order valence-corrected chi connectivity index (χ4v) is 2.76. The Bertz CT molecular complexity index is 590. The van der Waals surface area contributed by atoms with Gasteiger partial charge in [-0.2, -0.15) is 0 Å². The first-order chi connectivity index (χ1) is 9.25. The van der Waals surface area contributed by atoms with Crippen LogP contribution in [0.4, 0.5) is 10.5 Å². The number of para-hydroxylation sites is 1. The van der Waals surface area contributed by atoms with E-state index in [9.17, 15) is 4.79 Å². The van der Waals surface area contributed by atoms with Gasteiger partial charge in [0.2, 0.25) is 0 Å². The molecule has 19 heavy (non-hydrogen) atoms. The quantitative estimate of drug-likeness (QED) is 0.806. The number of nitrogens with zero attached hydrogens (tertiary/aromatic N) is 1. The summed E-state index contributed by atoms with van der Waals surface area (Å²) in [5.74, 6) is 0. The SMILES string of the molecule is CC1CCCCN1C(=O)Nc1c[nH]c2ccccc12. The molecule has 1 atom stereocenters. The molecule has 1 aromatic carbocycles. The van der Waals surface area contributed by atoms with Crippen LogP contribution in [-0.2, 0) is 0 Å². The lowest BCUT2D eigenvalue weighted by molar-refractivity contribution is 0.170. The number of fused-ring (bicyclic) bond motifs is 1. The number of benzene rings is 1. The zero-order valence-electron chi connectivity index (χ0n) is 11.1. The van der Waals surface area contributed by atoms with E-state index in [-0.39, 0.29) is 6.03 Å². The van der Waals surface area contributed by atoms with Gasteiger partial charge >= 0.3 is 6.03 Å². The summed E-state index contributed by atoms with van der Waals surface area (Å²) in [5, 5.41) is 4.08. The highest BCUT2D eigenvalue weighted by Gasteiger charge is 2.23. The molecule has 0 bridgehead atoms. The zero-order valence-corrected chi connectivity index (χ0v) is 11.1. The summed E-state index contributed by atoms with van der Waals surface area (Å²) in [5.41, 5.74) is 1.91. The van der Waals surface area contributed by atoms with Gasteiger partial charge in [-0.1, -0.05) is 18.2 Å². The molecule has 1 fully saturated rings. The van der Waals surface area contributed by atoms with E-state index in [1.165, 1.54) is 6.42 Å². The van der Waals surface area contributed by atoms with Crippen LogP contribution in [0.15, 0.2) is 30.5 Å². The van der Waals surface area contributed by atoms with E-state index < -0.39 is 0 Å². The highest BCUT2D eigenvalue weighted by molar-refractivity contribution is 6.01. The summed E-state index contributed by atoms with van der Waals surface area (Å²) in [7, 11) is 0. The number of rotatable bonds is 1. The van der Waals surface area contributed by atoms with Crippen molar-refractivity contribution in [3.05, 3.63) is 30.5 Å². The molecule has 1 saturated heterocycles. The monoisotopic (exact) mass is 257 g/mol. The zero-order chi connectivity index (χ0) is 13.2. The summed E-state index contributed by atoms with van der Waals surface area (Å²) in [6, 6.07) is 8.33. The van der Waals surface area contributed by atoms with Gasteiger partial charge in [-0.15, -0.1) is 0 Å². The molecule has 2 amide bonds. The van der Waals surface area contributed by atoms with Crippen molar-refractivity contribution in [2.75, 3.05) is 11.9 Å². The number of nitrogens with one attached hydrogen (secondary N) is 2. The molecule has 0 aliphatic carbocycles. The second-order valence-corrected chi connectivity index (χ2v) is 5.22. The summed E-state index contributed by atoms with van der Waals surface area (Å²) in [6.45, 7) is 2.98. The second kappa shape index (κ2) is 4.96. The summed E-state index contributed by atoms with van der Waals surface area (Å²) >= 11 is 0. The molecular formula is C15H19N3O. The van der Waals surface area contributed by atoms with Crippen LogP contribution in [0.2, 0.25) is 0 Å². The van der Waals surface area contributed by atoms with Crippen molar-refractivity contribution < 1.29 is 4.79 Å². The third-order valence-electron chi connectivity index (χ3n) is 3.89. The van der Waals surface area contributed by atoms with Crippen molar-refractivity contribution >= 4 is 22.6 Å². The van der Waals surface area contributed by atoms with Crippen molar-refractivity contribution in [3.63, 3.8) is 0 Å². The predicted octanol–water partition coefficient (Wildman–Crippen LogP) is 3.57. The molecule has 0 radical (unpaired) electrons. The number of carbonyl (C=O) groups excluding carboxylic acids is 1. The number of likely N-dealkylation sites (tertiary alicyclic amines) is 1. The molecule has 1 aliphatic rings. The fourth-order valence-electron chi connectivity index (χ4n) is 2.76. The second-order valence-electron chi connectivity index (χ2n) is 5.22. The lowest BCUT2D eigenvalue weighted by atomic mass is 10.0. The molecule has 0 saturated carbocycles. The standard InChI is InChI=1S/C15H19N3O/c1-11-6-4-5-9-18(11)15(19)17-14-10-16-13-8-3-2-7-12(13)14/h2-3,7-8,10-11,16H,4-6,9H2,1H3,(H,17,19). The van der Waals surface area contributed by atoms with Gasteiger partial charge in [0.25, 0.3) is 0 Å². The Kier molecular flexibility index (Phi) is 3.15. The van der Waals surface area contributed by atoms with E-state index in [0.29, 0.717) is 6.04 Å². The van der Waals surface area contributed by atoms with Gasteiger partial charge in [-0.05, 0) is 32.3 Å². The predicted molar refractivity (Wildman–Crippen MR) is 77.3 cm³/mol. The van der Waals surface area contributed by atoms with Crippen LogP contribution in [0.3, 0.4) is 0 Å². The highest BCUT2D eigenvalue weighted by atomic mass is 16.2. The third-order valence-corrected chi connectivity index (χ3v) is 3.89. The number of carbonyl (C=O) groups is 1. The number of amides is 2. The van der Waals surface area contributed by atoms with Gasteiger partial charge in [0.1, 0.15) is 0 Å². The van der Waals surface area contributed by atoms with Crippen LogP contribution in [-0.4, -0.2) is 28.5 Å². The molecule has 100 valence electrons. The van der Waals surface area contributed by atoms with Crippen molar-refractivity contribution in [1.29, 1.82) is 0 Å². The van der Waals surface area contributed by atoms with E-state index in [1.54, 1.807) is 0 Å². The first-order valence-corrected chi connectivity index (χ1v) is 6.89. The summed E-state index contributed by atoms with van der Waals surface area (Å²) in [4.78, 5) is 17.4. The first kappa shape index (κ1) is 12.1. The average molecular weight is 257 g/mol. The van der Waals surface area contributed by atoms with Crippen LogP contribution >= 0.6 is 0 Å². The van der Waals surface area contributed by atoms with Crippen LogP contribution in [0.5, 0.6) is 0 Å². The minimum atomic E-state index is 0.0111. The third kappa shape index (κ3) is 2.30. The van der Waals surface area contributed by atoms with Gasteiger partial charge in [0.15, 0.2) is 0 Å². The molecule has 4 nitrogen and oxygen atoms in total. The lowest BCUT2D eigenvalue weighted by Crippen LogP contribution is -2.44. The average Bonchev–Trinajstić information content (AvgIpc) is 2.83. The maximum absolute atomic E-state index is 12.3. The van der Waals surface area contributed by atoms with E-state index in [4.69, 9.17) is 0 Å². The van der Waals surface area contributed by atoms with Crippen molar-refractivity contribution in [1.82, 2.24) is 9.88 Å². The number of hydrogen-bond acceptors (Lipinski definition) is 1. The molecule has 2 N–H and O–H groups in total. The van der Waals surface area contributed by atoms with Crippen LogP contribution in [0, 0.1) is 0 Å². The molecule has 1 aromatic heterocycles. The number of H-pyrrole nitrogens is 1. The van der Waals surface area contributed by atoms with E-state index >= 15 is 0 Å². The van der Waals surface area contributed by atoms with Gasteiger partial charge in [0.05, 0.1) is 5.69 Å². The molecule has 2 aromatic rings. The molecule has 0 spiro atoms. The van der Waals surface area contributed by atoms with Crippen LogP contribution in [0.25, 0.3) is 10.9 Å². The molecule has 1 unspecified atom stereocenters. The fraction of sp³-hybridized carbons (Fsp3) is 0.400. The number of anilines is 1. The van der Waals surface area contributed by atoms with Gasteiger partial charge in [-0.3, -0.25) is 0 Å². The van der Waals surface area contributed by atoms with Crippen molar-refractivity contribution in [2.24, 2.45) is 0 Å². The highest BCUT2D eigenvalue weighted by Crippen LogP contribution is 2.24. The van der Waals surface area contributed by atoms with E-state index in [2.05, 4.69) is 17.2 Å². The summed E-state index contributed by atoms with van der Waals surface area (Å²) < 4.78 is 0. The minimum Gasteiger partial charge on any atom is -0.359 e. The number of piperidine rings is 1. The van der Waals surface area contributed by atoms with Gasteiger partial charge in [-0.25, -0.2) is 4.79 Å². The van der Waals surface area contributed by atoms with Crippen LogP contribution in [0.1, 0.15) is 26.2 Å². The molecule has 1 aliphatic heterocycles. The topological polar surface area (TPSA) is 48.1 Å². The maximum atomic E-state index is 12.3. The Balaban J connectivity index is 1.79. The van der Waals surface area contributed by atoms with E-state index in [0.717, 1.165) is 36.0 Å². The molecule has 3 rings (SSSR count). The number of aromatic nitrogens is 1. The van der Waals surface area contributed by atoms with E-state index in [1.807, 2.05) is 35.4 Å². The molecule has 2 heterocycles. The van der Waals surface area contributed by atoms with Crippen molar-refractivity contribution in [2.45, 2.75) is 32.2 Å². The Labute approximate surface area is 112 Å². The Hall–Kier alpha value is -1.97. The molecule has 4 heteroatoms. The minimum absolute atomic E-state index is 0.0111. The Morgan fingerprint density at radius 2 is 2.21 bits per heavy atom. The normalized spacial score (nSPS) is 19.6. The first-order valence-electron chi connectivity index (χ1n) is 6.89. The molecular weight excluding hydrogens is 238 g/mol. The smallest absolute Gasteiger partial charge is 0.322 e. The lowest BCUT2D eigenvalue weighted by Gasteiger charge is -2.33. The Morgan fingerprint density at radius 3 is 3.05 bits per heavy atom. The number of hydrogen-bond donors (Lipinski definition) is 2. The number of urea groups is 1. The van der Waals surface area contributed by atoms with Gasteiger partial charge < -0.3 is 15.2 Å². The van der Waals surface area contributed by atoms with Crippen molar-refractivity contribution in [3.8, 4) is 0 Å². The van der Waals surface area contributed by atoms with Gasteiger partial charge in [0, 0.05) is 29.7 Å². The largest absolute Gasteiger partial charge is 0.359 e. The maximum Gasteiger partial charge on any atom is 0.322 e. The number of aromatic amines is 1.